The molecule has 1 aromatic heterocycles. The molecule has 0 N–H and O–H groups in total. The minimum absolute atomic E-state index is 0.00955. The van der Waals surface area contributed by atoms with Gasteiger partial charge in [0.2, 0.25) is 0 Å². The lowest BCUT2D eigenvalue weighted by Crippen LogP contribution is -2.38. The van der Waals surface area contributed by atoms with Gasteiger partial charge >= 0.3 is 0 Å². The fourth-order valence-corrected chi connectivity index (χ4v) is 5.25. The van der Waals surface area contributed by atoms with Gasteiger partial charge in [-0.25, -0.2) is 8.42 Å². The lowest BCUT2D eigenvalue weighted by atomic mass is 9.99. The SMILES string of the molecule is CC1CCN(C(=O)c2cncc(CS(=O)(=O)c3ccc(Cl)cc3Cl)c2)CC1. The summed E-state index contributed by atoms with van der Waals surface area (Å²) < 4.78 is 25.4. The fraction of sp³-hybridized carbons (Fsp3) is 0.368. The van der Waals surface area contributed by atoms with Crippen molar-refractivity contribution in [3.8, 4) is 0 Å². The van der Waals surface area contributed by atoms with Crippen molar-refractivity contribution >= 4 is 38.9 Å². The second kappa shape index (κ2) is 8.17. The number of halogens is 2. The van der Waals surface area contributed by atoms with Crippen LogP contribution >= 0.6 is 23.2 Å². The molecule has 1 aliphatic heterocycles. The zero-order chi connectivity index (χ0) is 19.6. The van der Waals surface area contributed by atoms with Gasteiger partial charge in [0.1, 0.15) is 0 Å². The Morgan fingerprint density at radius 3 is 2.56 bits per heavy atom. The third-order valence-corrected chi connectivity index (χ3v) is 7.10. The third kappa shape index (κ3) is 4.81. The molecule has 0 saturated carbocycles. The van der Waals surface area contributed by atoms with Crippen LogP contribution in [0.1, 0.15) is 35.7 Å². The number of pyridine rings is 1. The Balaban J connectivity index is 1.80. The standard InChI is InChI=1S/C19H20Cl2N2O3S/c1-13-4-6-23(7-5-13)19(24)15-8-14(10-22-11-15)12-27(25,26)18-3-2-16(20)9-17(18)21/h2-3,8-11,13H,4-7,12H2,1H3. The minimum Gasteiger partial charge on any atom is -0.339 e. The van der Waals surface area contributed by atoms with Crippen LogP contribution in [0, 0.1) is 5.92 Å². The zero-order valence-corrected chi connectivity index (χ0v) is 17.2. The van der Waals surface area contributed by atoms with Crippen LogP contribution in [0.25, 0.3) is 0 Å². The van der Waals surface area contributed by atoms with Crippen LogP contribution in [0.3, 0.4) is 0 Å². The van der Waals surface area contributed by atoms with Crippen LogP contribution in [-0.2, 0) is 15.6 Å². The number of amides is 1. The monoisotopic (exact) mass is 426 g/mol. The molecule has 1 aliphatic rings. The molecule has 27 heavy (non-hydrogen) atoms. The molecule has 0 bridgehead atoms. The Kier molecular flexibility index (Phi) is 6.08. The van der Waals surface area contributed by atoms with Gasteiger partial charge in [0.15, 0.2) is 9.84 Å². The number of likely N-dealkylation sites (tertiary alicyclic amines) is 1. The summed E-state index contributed by atoms with van der Waals surface area (Å²) in [6, 6.07) is 5.85. The third-order valence-electron chi connectivity index (χ3n) is 4.70. The maximum Gasteiger partial charge on any atom is 0.255 e. The second-order valence-corrected chi connectivity index (χ2v) is 9.69. The highest BCUT2D eigenvalue weighted by Crippen LogP contribution is 2.28. The molecule has 0 unspecified atom stereocenters. The van der Waals surface area contributed by atoms with Gasteiger partial charge in [-0.3, -0.25) is 9.78 Å². The van der Waals surface area contributed by atoms with E-state index in [-0.39, 0.29) is 21.6 Å². The van der Waals surface area contributed by atoms with E-state index < -0.39 is 9.84 Å². The molecule has 0 spiro atoms. The molecule has 2 aromatic rings. The second-order valence-electron chi connectivity index (χ2n) is 6.89. The Morgan fingerprint density at radius 1 is 1.19 bits per heavy atom. The molecule has 0 radical (unpaired) electrons. The van der Waals surface area contributed by atoms with Crippen molar-refractivity contribution in [2.24, 2.45) is 5.92 Å². The van der Waals surface area contributed by atoms with E-state index in [9.17, 15) is 13.2 Å². The molecule has 8 heteroatoms. The van der Waals surface area contributed by atoms with E-state index in [4.69, 9.17) is 23.2 Å². The van der Waals surface area contributed by atoms with E-state index in [1.54, 1.807) is 11.0 Å². The van der Waals surface area contributed by atoms with Crippen molar-refractivity contribution in [2.45, 2.75) is 30.4 Å². The topological polar surface area (TPSA) is 67.3 Å². The minimum atomic E-state index is -3.69. The van der Waals surface area contributed by atoms with E-state index in [2.05, 4.69) is 11.9 Å². The van der Waals surface area contributed by atoms with Crippen molar-refractivity contribution in [3.05, 3.63) is 57.8 Å². The van der Waals surface area contributed by atoms with Gasteiger partial charge < -0.3 is 4.90 Å². The lowest BCUT2D eigenvalue weighted by Gasteiger charge is -2.30. The van der Waals surface area contributed by atoms with Crippen LogP contribution in [-0.4, -0.2) is 37.3 Å². The molecule has 2 heterocycles. The number of nitrogens with zero attached hydrogens (tertiary/aromatic N) is 2. The first-order valence-corrected chi connectivity index (χ1v) is 11.1. The predicted octanol–water partition coefficient (Wildman–Crippen LogP) is 4.23. The van der Waals surface area contributed by atoms with E-state index >= 15 is 0 Å². The maximum absolute atomic E-state index is 12.7. The molecular weight excluding hydrogens is 407 g/mol. The quantitative estimate of drug-likeness (QED) is 0.732. The summed E-state index contributed by atoms with van der Waals surface area (Å²) in [5.41, 5.74) is 0.844. The number of hydrogen-bond acceptors (Lipinski definition) is 4. The molecule has 0 atom stereocenters. The maximum atomic E-state index is 12.7. The number of piperidine rings is 1. The van der Waals surface area contributed by atoms with Gasteiger partial charge in [-0.15, -0.1) is 0 Å². The summed E-state index contributed by atoms with van der Waals surface area (Å²) in [4.78, 5) is 18.6. The normalized spacial score (nSPS) is 15.7. The molecule has 1 aromatic carbocycles. The highest BCUT2D eigenvalue weighted by Gasteiger charge is 2.23. The van der Waals surface area contributed by atoms with Crippen LogP contribution in [0.4, 0.5) is 0 Å². The number of aromatic nitrogens is 1. The van der Waals surface area contributed by atoms with Crippen molar-refractivity contribution in [2.75, 3.05) is 13.1 Å². The number of rotatable bonds is 4. The first kappa shape index (κ1) is 20.1. The van der Waals surface area contributed by atoms with Gasteiger partial charge in [0.25, 0.3) is 5.91 Å². The predicted molar refractivity (Wildman–Crippen MR) is 106 cm³/mol. The van der Waals surface area contributed by atoms with Crippen LogP contribution in [0.5, 0.6) is 0 Å². The average molecular weight is 427 g/mol. The van der Waals surface area contributed by atoms with E-state index in [0.29, 0.717) is 35.2 Å². The summed E-state index contributed by atoms with van der Waals surface area (Å²) in [5.74, 6) is 0.213. The summed E-state index contributed by atoms with van der Waals surface area (Å²) in [6.07, 6.45) is 4.88. The Hall–Kier alpha value is -1.63. The largest absolute Gasteiger partial charge is 0.339 e. The first-order chi connectivity index (χ1) is 12.8. The average Bonchev–Trinajstić information content (AvgIpc) is 2.61. The molecule has 0 aliphatic carbocycles. The molecule has 5 nitrogen and oxygen atoms in total. The molecule has 1 amide bonds. The summed E-state index contributed by atoms with van der Waals surface area (Å²) in [7, 11) is -3.69. The van der Waals surface area contributed by atoms with Crippen molar-refractivity contribution in [3.63, 3.8) is 0 Å². The number of carbonyl (C=O) groups is 1. The highest BCUT2D eigenvalue weighted by atomic mass is 35.5. The molecule has 144 valence electrons. The van der Waals surface area contributed by atoms with Crippen molar-refractivity contribution in [1.29, 1.82) is 0 Å². The summed E-state index contributed by atoms with van der Waals surface area (Å²) in [6.45, 7) is 3.60. The molecular formula is C19H20Cl2N2O3S. The Bertz CT molecular complexity index is 955. The van der Waals surface area contributed by atoms with Gasteiger partial charge in [-0.1, -0.05) is 30.1 Å². The molecule has 3 rings (SSSR count). The summed E-state index contributed by atoms with van der Waals surface area (Å²) in [5, 5.41) is 0.439. The lowest BCUT2D eigenvalue weighted by molar-refractivity contribution is 0.0696. The van der Waals surface area contributed by atoms with E-state index in [1.807, 2.05) is 0 Å². The van der Waals surface area contributed by atoms with Gasteiger partial charge in [-0.05, 0) is 48.6 Å². The van der Waals surface area contributed by atoms with Gasteiger partial charge in [0, 0.05) is 30.5 Å². The van der Waals surface area contributed by atoms with Crippen LogP contribution in [0.15, 0.2) is 41.6 Å². The highest BCUT2D eigenvalue weighted by molar-refractivity contribution is 7.90. The Labute approximate surface area is 169 Å². The fourth-order valence-electron chi connectivity index (χ4n) is 3.10. The van der Waals surface area contributed by atoms with Crippen molar-refractivity contribution in [1.82, 2.24) is 9.88 Å². The van der Waals surface area contributed by atoms with Gasteiger partial charge in [0.05, 0.1) is 21.2 Å². The zero-order valence-electron chi connectivity index (χ0n) is 14.9. The smallest absolute Gasteiger partial charge is 0.255 e. The summed E-state index contributed by atoms with van der Waals surface area (Å²) >= 11 is 11.9. The van der Waals surface area contributed by atoms with E-state index in [1.165, 1.54) is 30.6 Å². The molecule has 1 fully saturated rings. The van der Waals surface area contributed by atoms with Crippen LogP contribution in [0.2, 0.25) is 10.0 Å². The Morgan fingerprint density at radius 2 is 1.89 bits per heavy atom. The number of carbonyl (C=O) groups excluding carboxylic acids is 1. The molecule has 1 saturated heterocycles. The van der Waals surface area contributed by atoms with Gasteiger partial charge in [-0.2, -0.15) is 0 Å². The van der Waals surface area contributed by atoms with Crippen molar-refractivity contribution < 1.29 is 13.2 Å². The number of hydrogen-bond donors (Lipinski definition) is 0. The number of sulfone groups is 1. The van der Waals surface area contributed by atoms with Crippen LogP contribution < -0.4 is 0 Å². The van der Waals surface area contributed by atoms with E-state index in [0.717, 1.165) is 12.8 Å². The first-order valence-electron chi connectivity index (χ1n) is 8.67. The number of benzene rings is 1.